The number of carbonyl (C=O) groups excluding carboxylic acids is 1. The summed E-state index contributed by atoms with van der Waals surface area (Å²) >= 11 is 0. The van der Waals surface area contributed by atoms with Gasteiger partial charge in [-0.15, -0.1) is 10.2 Å². The lowest BCUT2D eigenvalue weighted by molar-refractivity contribution is -0.125. The van der Waals surface area contributed by atoms with E-state index in [-0.39, 0.29) is 11.8 Å². The molecule has 5 rings (SSSR count). The van der Waals surface area contributed by atoms with E-state index in [0.717, 1.165) is 61.3 Å². The molecule has 1 saturated carbocycles. The van der Waals surface area contributed by atoms with E-state index in [1.165, 1.54) is 0 Å². The first-order chi connectivity index (χ1) is 14.3. The molecule has 0 spiro atoms. The molecule has 2 aliphatic rings. The van der Waals surface area contributed by atoms with Crippen molar-refractivity contribution >= 4 is 22.6 Å². The van der Waals surface area contributed by atoms with Crippen molar-refractivity contribution in [1.82, 2.24) is 25.1 Å². The van der Waals surface area contributed by atoms with Gasteiger partial charge in [0.15, 0.2) is 5.82 Å². The van der Waals surface area contributed by atoms with E-state index >= 15 is 0 Å². The Bertz CT molecular complexity index is 1020. The number of nitrogens with one attached hydrogen (secondary N) is 1. The highest BCUT2D eigenvalue weighted by Crippen LogP contribution is 2.33. The quantitative estimate of drug-likeness (QED) is 0.729. The van der Waals surface area contributed by atoms with Crippen molar-refractivity contribution in [2.75, 3.05) is 31.6 Å². The molecule has 1 amide bonds. The molecule has 0 bridgehead atoms. The number of anilines is 1. The number of benzene rings is 1. The monoisotopic (exact) mass is 390 g/mol. The maximum atomic E-state index is 12.6. The molecular weight excluding hydrogens is 368 g/mol. The van der Waals surface area contributed by atoms with Crippen LogP contribution in [-0.4, -0.2) is 63.3 Å². The van der Waals surface area contributed by atoms with Crippen LogP contribution < -0.4 is 5.32 Å². The lowest BCUT2D eigenvalue weighted by Crippen LogP contribution is -2.52. The van der Waals surface area contributed by atoms with Crippen molar-refractivity contribution in [1.29, 1.82) is 0 Å². The van der Waals surface area contributed by atoms with Gasteiger partial charge in [0.2, 0.25) is 5.91 Å². The van der Waals surface area contributed by atoms with Crippen LogP contribution in [0.25, 0.3) is 22.2 Å². The number of aromatic nitrogens is 4. The number of ether oxygens (including phenoxy) is 1. The minimum atomic E-state index is 0.0215. The molecule has 1 N–H and O–H groups in total. The molecule has 148 valence electrons. The molecule has 3 aromatic rings. The molecule has 1 aromatic carbocycles. The van der Waals surface area contributed by atoms with Crippen LogP contribution in [-0.2, 0) is 9.53 Å². The van der Waals surface area contributed by atoms with Gasteiger partial charge in [-0.3, -0.25) is 19.7 Å². The molecule has 1 aliphatic heterocycles. The third-order valence-electron chi connectivity index (χ3n) is 5.74. The summed E-state index contributed by atoms with van der Waals surface area (Å²) in [5.41, 5.74) is 2.51. The summed E-state index contributed by atoms with van der Waals surface area (Å²) in [5.74, 6) is 0.535. The third-order valence-corrected chi connectivity index (χ3v) is 5.74. The number of nitrogens with zero attached hydrogens (tertiary/aromatic N) is 5. The Kier molecular flexibility index (Phi) is 4.87. The minimum Gasteiger partial charge on any atom is -0.379 e. The van der Waals surface area contributed by atoms with Crippen LogP contribution in [0.1, 0.15) is 12.8 Å². The van der Waals surface area contributed by atoms with Gasteiger partial charge in [-0.25, -0.2) is 0 Å². The normalized spacial score (nSPS) is 22.2. The Morgan fingerprint density at radius 3 is 2.76 bits per heavy atom. The van der Waals surface area contributed by atoms with E-state index in [2.05, 4.69) is 30.4 Å². The van der Waals surface area contributed by atoms with Crippen molar-refractivity contribution in [3.8, 4) is 11.3 Å². The third kappa shape index (κ3) is 3.81. The van der Waals surface area contributed by atoms with Gasteiger partial charge in [0, 0.05) is 48.4 Å². The van der Waals surface area contributed by atoms with Crippen molar-refractivity contribution in [2.24, 2.45) is 5.92 Å². The number of fused-ring (bicyclic) bond motifs is 1. The fraction of sp³-hybridized carbons (Fsp3) is 0.381. The zero-order valence-corrected chi connectivity index (χ0v) is 16.0. The molecule has 8 heteroatoms. The lowest BCUT2D eigenvalue weighted by Gasteiger charge is -2.43. The maximum absolute atomic E-state index is 12.6. The highest BCUT2D eigenvalue weighted by Gasteiger charge is 2.38. The average molecular weight is 390 g/mol. The second-order valence-electron chi connectivity index (χ2n) is 7.55. The van der Waals surface area contributed by atoms with Gasteiger partial charge in [-0.1, -0.05) is 6.07 Å². The summed E-state index contributed by atoms with van der Waals surface area (Å²) in [6.45, 7) is 3.50. The van der Waals surface area contributed by atoms with Crippen LogP contribution in [0.2, 0.25) is 0 Å². The highest BCUT2D eigenvalue weighted by molar-refractivity contribution is 5.94. The molecule has 0 unspecified atom stereocenters. The predicted octanol–water partition coefficient (Wildman–Crippen LogP) is 2.14. The smallest absolute Gasteiger partial charge is 0.228 e. The number of hydrogen-bond donors (Lipinski definition) is 1. The fourth-order valence-corrected chi connectivity index (χ4v) is 3.98. The number of hydrogen-bond acceptors (Lipinski definition) is 7. The molecule has 8 nitrogen and oxygen atoms in total. The van der Waals surface area contributed by atoms with Gasteiger partial charge in [0.05, 0.1) is 30.6 Å². The van der Waals surface area contributed by atoms with Crippen LogP contribution >= 0.6 is 0 Å². The molecule has 1 saturated heterocycles. The summed E-state index contributed by atoms with van der Waals surface area (Å²) in [5, 5.41) is 12.2. The van der Waals surface area contributed by atoms with Crippen molar-refractivity contribution < 1.29 is 9.53 Å². The summed E-state index contributed by atoms with van der Waals surface area (Å²) in [6.07, 6.45) is 6.82. The zero-order chi connectivity index (χ0) is 19.6. The van der Waals surface area contributed by atoms with E-state index in [1.807, 2.05) is 24.3 Å². The van der Waals surface area contributed by atoms with Crippen molar-refractivity contribution in [3.63, 3.8) is 0 Å². The van der Waals surface area contributed by atoms with Crippen LogP contribution in [0.5, 0.6) is 0 Å². The number of rotatable bonds is 4. The first-order valence-electron chi connectivity index (χ1n) is 9.93. The summed E-state index contributed by atoms with van der Waals surface area (Å²) in [7, 11) is 0. The second kappa shape index (κ2) is 7.81. The summed E-state index contributed by atoms with van der Waals surface area (Å²) < 4.78 is 5.40. The lowest BCUT2D eigenvalue weighted by atomic mass is 9.78. The Labute approximate surface area is 168 Å². The largest absolute Gasteiger partial charge is 0.379 e. The highest BCUT2D eigenvalue weighted by atomic mass is 16.5. The van der Waals surface area contributed by atoms with E-state index in [0.29, 0.717) is 11.9 Å². The first kappa shape index (κ1) is 18.1. The van der Waals surface area contributed by atoms with Crippen molar-refractivity contribution in [2.45, 2.75) is 18.9 Å². The average Bonchev–Trinajstić information content (AvgIpc) is 2.73. The maximum Gasteiger partial charge on any atom is 0.228 e. The predicted molar refractivity (Wildman–Crippen MR) is 108 cm³/mol. The second-order valence-corrected chi connectivity index (χ2v) is 7.55. The fourth-order valence-electron chi connectivity index (χ4n) is 3.98. The van der Waals surface area contributed by atoms with E-state index < -0.39 is 0 Å². The Morgan fingerprint density at radius 1 is 1.10 bits per heavy atom. The molecule has 2 aromatic heterocycles. The summed E-state index contributed by atoms with van der Waals surface area (Å²) in [6, 6.07) is 8.18. The van der Waals surface area contributed by atoms with E-state index in [1.54, 1.807) is 18.6 Å². The van der Waals surface area contributed by atoms with Gasteiger partial charge in [0.25, 0.3) is 0 Å². The van der Waals surface area contributed by atoms with Gasteiger partial charge >= 0.3 is 0 Å². The SMILES string of the molecule is O=C(Nc1cc2cc(-c3cnccn3)ccc2nn1)C1CC(N2CCOCC2)C1. The van der Waals surface area contributed by atoms with Crippen LogP contribution in [0.15, 0.2) is 42.9 Å². The van der Waals surface area contributed by atoms with Crippen molar-refractivity contribution in [3.05, 3.63) is 42.9 Å². The van der Waals surface area contributed by atoms with Gasteiger partial charge in [-0.05, 0) is 31.0 Å². The van der Waals surface area contributed by atoms with Crippen LogP contribution in [0.4, 0.5) is 5.82 Å². The zero-order valence-electron chi connectivity index (χ0n) is 16.0. The van der Waals surface area contributed by atoms with Gasteiger partial charge in [0.1, 0.15) is 0 Å². The van der Waals surface area contributed by atoms with Gasteiger partial charge in [-0.2, -0.15) is 0 Å². The summed E-state index contributed by atoms with van der Waals surface area (Å²) in [4.78, 5) is 23.5. The Balaban J connectivity index is 1.26. The molecule has 2 fully saturated rings. The van der Waals surface area contributed by atoms with Crippen LogP contribution in [0.3, 0.4) is 0 Å². The number of amides is 1. The van der Waals surface area contributed by atoms with E-state index in [4.69, 9.17) is 4.74 Å². The molecular formula is C21H22N6O2. The van der Waals surface area contributed by atoms with Crippen LogP contribution in [0, 0.1) is 5.92 Å². The van der Waals surface area contributed by atoms with Gasteiger partial charge < -0.3 is 10.1 Å². The molecule has 29 heavy (non-hydrogen) atoms. The topological polar surface area (TPSA) is 93.1 Å². The Hall–Kier alpha value is -2.97. The first-order valence-corrected chi connectivity index (χ1v) is 9.93. The molecule has 0 radical (unpaired) electrons. The molecule has 3 heterocycles. The minimum absolute atomic E-state index is 0.0215. The molecule has 1 aliphatic carbocycles. The van der Waals surface area contributed by atoms with E-state index in [9.17, 15) is 4.79 Å². The number of morpholine rings is 1. The Morgan fingerprint density at radius 2 is 1.97 bits per heavy atom. The molecule has 0 atom stereocenters. The number of carbonyl (C=O) groups is 1. The standard InChI is InChI=1S/C21H22N6O2/c28-21(16-10-17(11-16)27-5-7-29-8-6-27)24-20-12-15-9-14(1-2-18(15)25-26-20)19-13-22-3-4-23-19/h1-4,9,12-13,16-17H,5-8,10-11H2,(H,24,26,28).